The van der Waals surface area contributed by atoms with E-state index in [9.17, 15) is 0 Å². The molecule has 0 saturated heterocycles. The van der Waals surface area contributed by atoms with Gasteiger partial charge in [0.2, 0.25) is 0 Å². The Bertz CT molecular complexity index is 593. The van der Waals surface area contributed by atoms with E-state index in [1.807, 2.05) is 0 Å². The molecule has 0 fully saturated rings. The fraction of sp³-hybridized carbons (Fsp3) is 0.981. The minimum atomic E-state index is 0.838. The van der Waals surface area contributed by atoms with Crippen LogP contribution in [0.5, 0.6) is 0 Å². The van der Waals surface area contributed by atoms with Crippen molar-refractivity contribution in [1.82, 2.24) is 0 Å². The molecule has 0 heterocycles. The zero-order chi connectivity index (χ0) is 38.2. The largest absolute Gasteiger partial charge is 0.0654 e. The molecule has 53 heavy (non-hydrogen) atoms. The molecule has 0 aromatic rings. The van der Waals surface area contributed by atoms with Gasteiger partial charge < -0.3 is 0 Å². The molecule has 319 valence electrons. The van der Waals surface area contributed by atoms with Gasteiger partial charge in [-0.3, -0.25) is 0 Å². The van der Waals surface area contributed by atoms with Crippen molar-refractivity contribution >= 4 is 0 Å². The lowest BCUT2D eigenvalue weighted by molar-refractivity contribution is 0.494. The number of hydrogen-bond donors (Lipinski definition) is 0. The summed E-state index contributed by atoms with van der Waals surface area (Å²) in [6.45, 7) is 7.09. The van der Waals surface area contributed by atoms with Gasteiger partial charge in [-0.1, -0.05) is 323 Å². The van der Waals surface area contributed by atoms with Crippen LogP contribution >= 0.6 is 0 Å². The van der Waals surface area contributed by atoms with Crippen molar-refractivity contribution in [2.45, 2.75) is 329 Å². The van der Waals surface area contributed by atoms with Crippen LogP contribution in [0.3, 0.4) is 0 Å². The minimum Gasteiger partial charge on any atom is -0.0654 e. The van der Waals surface area contributed by atoms with Gasteiger partial charge in [-0.25, -0.2) is 0 Å². The van der Waals surface area contributed by atoms with E-state index in [-0.39, 0.29) is 0 Å². The van der Waals surface area contributed by atoms with Crippen LogP contribution in [0.1, 0.15) is 329 Å². The maximum Gasteiger partial charge on any atom is -0.0358 e. The fourth-order valence-corrected chi connectivity index (χ4v) is 8.70. The van der Waals surface area contributed by atoms with Crippen LogP contribution in [0.25, 0.3) is 0 Å². The normalized spacial score (nSPS) is 12.3. The summed E-state index contributed by atoms with van der Waals surface area (Å²) in [6.07, 6.45) is 73.4. The smallest absolute Gasteiger partial charge is 0.0358 e. The SMILES string of the molecule is CCCCCCCCCCCCCCCCCCCCCCCCCCC[CH]C(C)CCCCCCCCCCCCCCCCCCCCCCC. The van der Waals surface area contributed by atoms with Gasteiger partial charge in [-0.15, -0.1) is 0 Å². The van der Waals surface area contributed by atoms with Crippen molar-refractivity contribution in [3.63, 3.8) is 0 Å². The number of rotatable bonds is 49. The van der Waals surface area contributed by atoms with E-state index in [0.29, 0.717) is 0 Å². The lowest BCUT2D eigenvalue weighted by Crippen LogP contribution is -1.96. The quantitative estimate of drug-likeness (QED) is 0.0544. The standard InChI is InChI=1S/C53H107/c1-4-6-8-10-12-14-16-18-20-22-24-26-27-28-29-30-32-34-36-38-40-42-44-46-48-50-52-53(3)51-49-47-45-43-41-39-37-35-33-31-25-23-21-19-17-15-13-11-9-7-5-2/h52-53H,4-51H2,1-3H3. The average molecular weight is 744 g/mol. The molecule has 0 aliphatic heterocycles. The Hall–Kier alpha value is 0. The minimum absolute atomic E-state index is 0.838. The molecule has 0 aromatic heterocycles. The van der Waals surface area contributed by atoms with Gasteiger partial charge in [0.15, 0.2) is 0 Å². The van der Waals surface area contributed by atoms with Crippen molar-refractivity contribution in [3.05, 3.63) is 6.42 Å². The van der Waals surface area contributed by atoms with Crippen molar-refractivity contribution in [3.8, 4) is 0 Å². The number of hydrogen-bond acceptors (Lipinski definition) is 0. The summed E-state index contributed by atoms with van der Waals surface area (Å²) < 4.78 is 0. The van der Waals surface area contributed by atoms with Crippen LogP contribution in [0.4, 0.5) is 0 Å². The van der Waals surface area contributed by atoms with E-state index in [1.165, 1.54) is 308 Å². The van der Waals surface area contributed by atoms with Crippen LogP contribution in [-0.2, 0) is 0 Å². The van der Waals surface area contributed by atoms with Gasteiger partial charge in [0.05, 0.1) is 0 Å². The van der Waals surface area contributed by atoms with E-state index in [4.69, 9.17) is 0 Å². The first-order valence-corrected chi connectivity index (χ1v) is 26.1. The number of unbranched alkanes of at least 4 members (excludes halogenated alkanes) is 45. The summed E-state index contributed by atoms with van der Waals surface area (Å²) in [5.74, 6) is 0.838. The first kappa shape index (κ1) is 53.0. The third-order valence-corrected chi connectivity index (χ3v) is 12.6. The highest BCUT2D eigenvalue weighted by atomic mass is 14.1. The maximum atomic E-state index is 2.65. The molecule has 1 radical (unpaired) electrons. The highest BCUT2D eigenvalue weighted by Crippen LogP contribution is 2.20. The van der Waals surface area contributed by atoms with Crippen LogP contribution in [-0.4, -0.2) is 0 Å². The highest BCUT2D eigenvalue weighted by molar-refractivity contribution is 4.72. The molecule has 0 bridgehead atoms. The Labute approximate surface area is 340 Å². The van der Waals surface area contributed by atoms with Gasteiger partial charge in [-0.2, -0.15) is 0 Å². The van der Waals surface area contributed by atoms with Crippen LogP contribution < -0.4 is 0 Å². The summed E-state index contributed by atoms with van der Waals surface area (Å²) in [6, 6.07) is 0. The van der Waals surface area contributed by atoms with E-state index in [2.05, 4.69) is 27.2 Å². The van der Waals surface area contributed by atoms with Gasteiger partial charge >= 0.3 is 0 Å². The molecular weight excluding hydrogens is 637 g/mol. The summed E-state index contributed by atoms with van der Waals surface area (Å²) in [4.78, 5) is 0. The Kier molecular flexibility index (Phi) is 50.0. The van der Waals surface area contributed by atoms with E-state index in [1.54, 1.807) is 0 Å². The van der Waals surface area contributed by atoms with E-state index in [0.717, 1.165) is 5.92 Å². The first-order chi connectivity index (χ1) is 26.3. The lowest BCUT2D eigenvalue weighted by Gasteiger charge is -2.11. The van der Waals surface area contributed by atoms with Crippen molar-refractivity contribution in [1.29, 1.82) is 0 Å². The molecule has 0 spiro atoms. The molecule has 0 N–H and O–H groups in total. The van der Waals surface area contributed by atoms with Gasteiger partial charge in [-0.05, 0) is 18.8 Å². The predicted octanol–water partition coefficient (Wildman–Crippen LogP) is 20.6. The van der Waals surface area contributed by atoms with Crippen LogP contribution in [0, 0.1) is 12.3 Å². The molecule has 0 saturated carbocycles. The molecule has 0 nitrogen and oxygen atoms in total. The third kappa shape index (κ3) is 50.0. The zero-order valence-corrected chi connectivity index (χ0v) is 38.1. The molecule has 0 aliphatic rings. The second-order valence-electron chi connectivity index (χ2n) is 18.3. The zero-order valence-electron chi connectivity index (χ0n) is 38.1. The van der Waals surface area contributed by atoms with Crippen molar-refractivity contribution in [2.75, 3.05) is 0 Å². The second-order valence-corrected chi connectivity index (χ2v) is 18.3. The second kappa shape index (κ2) is 50.0. The maximum absolute atomic E-state index is 2.65. The van der Waals surface area contributed by atoms with Crippen molar-refractivity contribution in [2.24, 2.45) is 5.92 Å². The van der Waals surface area contributed by atoms with Crippen LogP contribution in [0.15, 0.2) is 0 Å². The summed E-state index contributed by atoms with van der Waals surface area (Å²) in [5.41, 5.74) is 0. The van der Waals surface area contributed by atoms with Gasteiger partial charge in [0.1, 0.15) is 0 Å². The first-order valence-electron chi connectivity index (χ1n) is 26.1. The third-order valence-electron chi connectivity index (χ3n) is 12.6. The summed E-state index contributed by atoms with van der Waals surface area (Å²) in [7, 11) is 0. The van der Waals surface area contributed by atoms with E-state index >= 15 is 0 Å². The fourth-order valence-electron chi connectivity index (χ4n) is 8.70. The highest BCUT2D eigenvalue weighted by Gasteiger charge is 2.03. The lowest BCUT2D eigenvalue weighted by atomic mass is 9.95. The van der Waals surface area contributed by atoms with E-state index < -0.39 is 0 Å². The summed E-state index contributed by atoms with van der Waals surface area (Å²) in [5, 5.41) is 0. The van der Waals surface area contributed by atoms with Crippen molar-refractivity contribution < 1.29 is 0 Å². The summed E-state index contributed by atoms with van der Waals surface area (Å²) >= 11 is 0. The Balaban J connectivity index is 3.14. The molecule has 1 unspecified atom stereocenters. The molecule has 0 heteroatoms. The molecular formula is C53H107. The molecule has 0 amide bonds. The molecule has 1 atom stereocenters. The Morgan fingerprint density at radius 3 is 0.604 bits per heavy atom. The molecule has 0 aromatic carbocycles. The predicted molar refractivity (Wildman–Crippen MR) is 246 cm³/mol. The van der Waals surface area contributed by atoms with Gasteiger partial charge in [0, 0.05) is 0 Å². The Morgan fingerprint density at radius 2 is 0.396 bits per heavy atom. The Morgan fingerprint density at radius 1 is 0.226 bits per heavy atom. The molecule has 0 aliphatic carbocycles. The van der Waals surface area contributed by atoms with Gasteiger partial charge in [0.25, 0.3) is 0 Å². The molecule has 0 rings (SSSR count). The van der Waals surface area contributed by atoms with Crippen LogP contribution in [0.2, 0.25) is 0 Å². The monoisotopic (exact) mass is 744 g/mol. The average Bonchev–Trinajstić information content (AvgIpc) is 3.16. The topological polar surface area (TPSA) is 0 Å².